The number of hydrogen-bond donors (Lipinski definition) is 11. The van der Waals surface area contributed by atoms with Crippen LogP contribution in [-0.4, -0.2) is 175 Å². The average Bonchev–Trinajstić information content (AvgIpc) is 3.45. The van der Waals surface area contributed by atoms with E-state index in [0.717, 1.165) is 37.5 Å². The van der Waals surface area contributed by atoms with Gasteiger partial charge in [0, 0.05) is 26.3 Å². The van der Waals surface area contributed by atoms with Crippen molar-refractivity contribution in [1.29, 1.82) is 0 Å². The number of carbonyl (C=O) groups excluding carboxylic acids is 4. The van der Waals surface area contributed by atoms with Crippen molar-refractivity contribution in [2.24, 2.45) is 5.92 Å². The van der Waals surface area contributed by atoms with E-state index in [-0.39, 0.29) is 13.0 Å². The van der Waals surface area contributed by atoms with E-state index in [1.54, 1.807) is 6.08 Å². The lowest BCUT2D eigenvalue weighted by atomic mass is 9.91. The Labute approximate surface area is 331 Å². The first-order chi connectivity index (χ1) is 27.0. The molecule has 0 aromatic rings. The quantitative estimate of drug-likeness (QED) is 0.0469. The standard InChI is InChI=1S/C37H62N4O16/c1-18(2)12-10-8-6-4-5-7-9-11-13-23(45)39-26-30(50)27(47)21(54-36(26)57-35-25(38-19(3)43)29(49)28(48)22(17-42)55-35)16-20(44)33-31(51)32(52)34(56-33)41-15-14-24(46)40-37(41)53/h11,13,18,20-22,25-36,42,44,47-52H,4-10,12,14-17H2,1-3H3,(H,38,43)(H,39,45)(H,40,46,53)/b13-11+/t20-,21-,22+,25+,26-,27-,28+,29+,30-,31-,32-,33+,34-,35-,36+/m0/s1. The Hall–Kier alpha value is -2.86. The van der Waals surface area contributed by atoms with Crippen LogP contribution in [-0.2, 0) is 33.3 Å². The van der Waals surface area contributed by atoms with Crippen molar-refractivity contribution in [2.45, 2.75) is 177 Å². The van der Waals surface area contributed by atoms with Crippen LogP contribution in [0.5, 0.6) is 0 Å². The molecule has 11 N–H and O–H groups in total. The minimum absolute atomic E-state index is 0.0994. The number of nitrogens with zero attached hydrogens (tertiary/aromatic N) is 1. The molecule has 4 saturated heterocycles. The van der Waals surface area contributed by atoms with Crippen LogP contribution in [0.25, 0.3) is 0 Å². The van der Waals surface area contributed by atoms with Crippen LogP contribution in [0.1, 0.15) is 85.0 Å². The van der Waals surface area contributed by atoms with Gasteiger partial charge in [0.25, 0.3) is 0 Å². The second kappa shape index (κ2) is 21.9. The molecule has 4 rings (SSSR count). The third-order valence-electron chi connectivity index (χ3n) is 10.7. The Balaban J connectivity index is 1.46. The minimum atomic E-state index is -1.84. The number of unbranched alkanes of at least 4 members (excludes halogenated alkanes) is 6. The Morgan fingerprint density at radius 1 is 0.842 bits per heavy atom. The molecular formula is C37H62N4O16. The number of aliphatic hydroxyl groups is 8. The zero-order valence-corrected chi connectivity index (χ0v) is 32.7. The number of ether oxygens (including phenoxy) is 4. The lowest BCUT2D eigenvalue weighted by Gasteiger charge is -2.47. The topological polar surface area (TPSA) is 306 Å². The molecule has 0 aromatic heterocycles. The summed E-state index contributed by atoms with van der Waals surface area (Å²) in [6.45, 7) is 4.63. The van der Waals surface area contributed by atoms with Crippen molar-refractivity contribution < 1.29 is 79.0 Å². The van der Waals surface area contributed by atoms with Crippen molar-refractivity contribution >= 4 is 23.8 Å². The molecule has 57 heavy (non-hydrogen) atoms. The summed E-state index contributed by atoms with van der Waals surface area (Å²) in [6, 6.07) is -3.86. The second-order valence-corrected chi connectivity index (χ2v) is 15.7. The zero-order chi connectivity index (χ0) is 42.0. The van der Waals surface area contributed by atoms with Crippen molar-refractivity contribution in [3.05, 3.63) is 12.2 Å². The molecule has 0 aromatic carbocycles. The van der Waals surface area contributed by atoms with Crippen molar-refractivity contribution in [1.82, 2.24) is 20.9 Å². The Bertz CT molecular complexity index is 1360. The Morgan fingerprint density at radius 2 is 1.44 bits per heavy atom. The molecular weight excluding hydrogens is 756 g/mol. The highest BCUT2D eigenvalue weighted by atomic mass is 16.8. The largest absolute Gasteiger partial charge is 0.394 e. The number of rotatable bonds is 19. The monoisotopic (exact) mass is 818 g/mol. The van der Waals surface area contributed by atoms with E-state index in [4.69, 9.17) is 18.9 Å². The number of carbonyl (C=O) groups is 4. The summed E-state index contributed by atoms with van der Waals surface area (Å²) in [7, 11) is 0. The van der Waals surface area contributed by atoms with E-state index in [0.29, 0.717) is 12.3 Å². The number of urea groups is 1. The van der Waals surface area contributed by atoms with Crippen LogP contribution in [0, 0.1) is 5.92 Å². The van der Waals surface area contributed by atoms with Gasteiger partial charge >= 0.3 is 6.03 Å². The van der Waals surface area contributed by atoms with Crippen molar-refractivity contribution in [3.63, 3.8) is 0 Å². The van der Waals surface area contributed by atoms with Gasteiger partial charge in [-0.2, -0.15) is 0 Å². The van der Waals surface area contributed by atoms with E-state index >= 15 is 0 Å². The molecule has 20 nitrogen and oxygen atoms in total. The van der Waals surface area contributed by atoms with Gasteiger partial charge < -0.3 is 70.4 Å². The predicted octanol–water partition coefficient (Wildman–Crippen LogP) is -2.65. The summed E-state index contributed by atoms with van der Waals surface area (Å²) in [5.74, 6) is -1.20. The molecule has 4 heterocycles. The SMILES string of the molecule is CC(=O)N[C@H]1[C@H](O[C@H]2O[C@@H](C[C@H](O)[C@H]3O[C@H](N4CCC(=O)NC4=O)[C@@H](O)[C@@H]3O)[C@H](O)[C@@H](O)[C@@H]2NC(=O)/C=C/CCCCCCCCC(C)C)O[C@H](CO)[C@@H](O)[C@@H]1O. The van der Waals surface area contributed by atoms with Crippen LogP contribution in [0.4, 0.5) is 4.79 Å². The van der Waals surface area contributed by atoms with E-state index in [1.807, 2.05) is 0 Å². The Kier molecular flexibility index (Phi) is 18.0. The van der Waals surface area contributed by atoms with Gasteiger partial charge in [-0.3, -0.25) is 24.6 Å². The van der Waals surface area contributed by atoms with Crippen molar-refractivity contribution in [2.75, 3.05) is 13.2 Å². The average molecular weight is 819 g/mol. The molecule has 0 bridgehead atoms. The van der Waals surface area contributed by atoms with Gasteiger partial charge in [-0.1, -0.05) is 58.4 Å². The first kappa shape index (κ1) is 46.8. The maximum atomic E-state index is 13.1. The molecule has 20 heteroatoms. The van der Waals surface area contributed by atoms with Crippen molar-refractivity contribution in [3.8, 4) is 0 Å². The fraction of sp³-hybridized carbons (Fsp3) is 0.838. The van der Waals surface area contributed by atoms with Gasteiger partial charge in [-0.15, -0.1) is 0 Å². The maximum absolute atomic E-state index is 13.1. The molecule has 0 aliphatic carbocycles. The second-order valence-electron chi connectivity index (χ2n) is 15.7. The molecule has 0 saturated carbocycles. The van der Waals surface area contributed by atoms with Gasteiger partial charge in [-0.25, -0.2) is 4.79 Å². The molecule has 4 aliphatic rings. The molecule has 0 radical (unpaired) electrons. The first-order valence-electron chi connectivity index (χ1n) is 19.9. The minimum Gasteiger partial charge on any atom is -0.394 e. The molecule has 0 unspecified atom stereocenters. The molecule has 4 fully saturated rings. The zero-order valence-electron chi connectivity index (χ0n) is 32.7. The first-order valence-corrected chi connectivity index (χ1v) is 19.9. The van der Waals surface area contributed by atoms with Gasteiger partial charge in [0.15, 0.2) is 18.8 Å². The highest BCUT2D eigenvalue weighted by Crippen LogP contribution is 2.33. The molecule has 5 amide bonds. The maximum Gasteiger partial charge on any atom is 0.326 e. The fourth-order valence-electron chi connectivity index (χ4n) is 7.49. The van der Waals surface area contributed by atoms with Crippen LogP contribution in [0.15, 0.2) is 12.2 Å². The summed E-state index contributed by atoms with van der Waals surface area (Å²) < 4.78 is 23.3. The third kappa shape index (κ3) is 12.6. The van der Waals surface area contributed by atoms with Gasteiger partial charge in [0.2, 0.25) is 17.7 Å². The highest BCUT2D eigenvalue weighted by molar-refractivity contribution is 5.96. The number of nitrogens with one attached hydrogen (secondary N) is 3. The van der Waals surface area contributed by atoms with E-state index in [1.165, 1.54) is 25.3 Å². The number of imide groups is 1. The molecule has 4 aliphatic heterocycles. The lowest BCUT2D eigenvalue weighted by molar-refractivity contribution is -0.346. The number of amides is 5. The Morgan fingerprint density at radius 3 is 2.05 bits per heavy atom. The van der Waals surface area contributed by atoms with Gasteiger partial charge in [0.1, 0.15) is 60.9 Å². The van der Waals surface area contributed by atoms with Gasteiger partial charge in [-0.05, 0) is 24.8 Å². The summed E-state index contributed by atoms with van der Waals surface area (Å²) in [5.41, 5.74) is 0. The lowest BCUT2D eigenvalue weighted by Crippen LogP contribution is -2.68. The van der Waals surface area contributed by atoms with Gasteiger partial charge in [0.05, 0.1) is 18.8 Å². The normalized spacial score (nSPS) is 36.7. The summed E-state index contributed by atoms with van der Waals surface area (Å²) in [5, 5.41) is 93.5. The number of allylic oxidation sites excluding steroid dienone is 1. The summed E-state index contributed by atoms with van der Waals surface area (Å²) in [6.07, 6.45) is -11.1. The van der Waals surface area contributed by atoms with Crippen LogP contribution < -0.4 is 16.0 Å². The summed E-state index contributed by atoms with van der Waals surface area (Å²) in [4.78, 5) is 50.2. The van der Waals surface area contributed by atoms with Crippen LogP contribution in [0.2, 0.25) is 0 Å². The van der Waals surface area contributed by atoms with Crippen LogP contribution in [0.3, 0.4) is 0 Å². The van der Waals surface area contributed by atoms with E-state index in [9.17, 15) is 60.0 Å². The third-order valence-corrected chi connectivity index (χ3v) is 10.7. The van der Waals surface area contributed by atoms with Crippen LogP contribution >= 0.6 is 0 Å². The predicted molar refractivity (Wildman–Crippen MR) is 196 cm³/mol. The molecule has 15 atom stereocenters. The number of hydrogen-bond acceptors (Lipinski definition) is 16. The highest BCUT2D eigenvalue weighted by Gasteiger charge is 2.54. The number of aliphatic hydroxyl groups excluding tert-OH is 8. The smallest absolute Gasteiger partial charge is 0.326 e. The van der Waals surface area contributed by atoms with E-state index < -0.39 is 129 Å². The fourth-order valence-corrected chi connectivity index (χ4v) is 7.49. The summed E-state index contributed by atoms with van der Waals surface area (Å²) >= 11 is 0. The molecule has 0 spiro atoms. The van der Waals surface area contributed by atoms with E-state index in [2.05, 4.69) is 29.8 Å². The molecule has 326 valence electrons.